The maximum Gasteiger partial charge on any atom is 0.126 e. The number of aromatic nitrogens is 1. The van der Waals surface area contributed by atoms with Crippen molar-refractivity contribution in [3.8, 4) is 32.8 Å². The van der Waals surface area contributed by atoms with Gasteiger partial charge in [-0.05, 0) is 97.2 Å². The summed E-state index contributed by atoms with van der Waals surface area (Å²) in [6.45, 7) is 20.8. The Morgan fingerprint density at radius 2 is 1.27 bits per heavy atom. The van der Waals surface area contributed by atoms with Crippen LogP contribution in [-0.4, -0.2) is 11.2 Å². The van der Waals surface area contributed by atoms with Crippen molar-refractivity contribution in [1.82, 2.24) is 4.98 Å². The summed E-state index contributed by atoms with van der Waals surface area (Å²) in [5.41, 5.74) is 14.8. The first-order valence-corrected chi connectivity index (χ1v) is 19.6. The van der Waals surface area contributed by atoms with E-state index in [9.17, 15) is 0 Å². The van der Waals surface area contributed by atoms with Gasteiger partial charge in [-0.2, -0.15) is 0 Å². The van der Waals surface area contributed by atoms with E-state index in [4.69, 9.17) is 9.98 Å². The van der Waals surface area contributed by atoms with Crippen LogP contribution in [0.25, 0.3) is 53.8 Å². The van der Waals surface area contributed by atoms with E-state index in [1.807, 2.05) is 6.21 Å². The number of fused-ring (bicyclic) bond motifs is 2. The van der Waals surface area contributed by atoms with E-state index in [1.165, 1.54) is 60.0 Å². The van der Waals surface area contributed by atoms with Gasteiger partial charge >= 0.3 is 0 Å². The molecule has 0 spiro atoms. The van der Waals surface area contributed by atoms with E-state index in [0.29, 0.717) is 17.8 Å². The molecule has 0 atom stereocenters. The van der Waals surface area contributed by atoms with Crippen LogP contribution in [0.15, 0.2) is 120 Å². The fraction of sp³-hybridized carbons (Fsp3) is 0.265. The fourth-order valence-electron chi connectivity index (χ4n) is 7.17. The molecule has 0 radical (unpaired) electrons. The van der Waals surface area contributed by atoms with Gasteiger partial charge in [0.15, 0.2) is 0 Å². The van der Waals surface area contributed by atoms with E-state index in [0.717, 1.165) is 27.3 Å². The van der Waals surface area contributed by atoms with Gasteiger partial charge in [0.05, 0.1) is 15.9 Å². The maximum absolute atomic E-state index is 5.37. The van der Waals surface area contributed by atoms with Gasteiger partial charge in [0.2, 0.25) is 0 Å². The molecule has 0 saturated heterocycles. The van der Waals surface area contributed by atoms with E-state index in [1.54, 1.807) is 11.3 Å². The summed E-state index contributed by atoms with van der Waals surface area (Å²) in [7, 11) is 0. The second-order valence-corrected chi connectivity index (χ2v) is 17.1. The molecule has 0 saturated carbocycles. The standard InChI is InChI=1S/C49H50N2S/c1-30(2)37-25-41(31(3)4)46(42(26-37)32(5)6)35-23-21-34(22-24-35)43-27-38(49(7,8)9)28-45-47(43)51-48(52-45)40-19-12-13-20-44(40)50-29-36-17-14-16-33-15-10-11-18-39(33)36/h10-32H,1-9H3. The van der Waals surface area contributed by atoms with Gasteiger partial charge in [-0.3, -0.25) is 4.99 Å². The molecule has 0 amide bonds. The molecule has 0 aliphatic rings. The zero-order valence-electron chi connectivity index (χ0n) is 32.1. The number of benzene rings is 6. The van der Waals surface area contributed by atoms with Gasteiger partial charge < -0.3 is 0 Å². The first-order chi connectivity index (χ1) is 24.9. The first kappa shape index (κ1) is 35.5. The molecule has 1 aromatic heterocycles. The Morgan fingerprint density at radius 1 is 0.635 bits per heavy atom. The third-order valence-electron chi connectivity index (χ3n) is 10.3. The molecule has 3 heteroatoms. The molecule has 0 unspecified atom stereocenters. The molecule has 7 aromatic rings. The molecule has 0 N–H and O–H groups in total. The quantitative estimate of drug-likeness (QED) is 0.145. The van der Waals surface area contributed by atoms with Crippen molar-refractivity contribution in [2.75, 3.05) is 0 Å². The number of hydrogen-bond acceptors (Lipinski definition) is 3. The van der Waals surface area contributed by atoms with Gasteiger partial charge in [0.1, 0.15) is 5.01 Å². The SMILES string of the molecule is CC(C)c1cc(C(C)C)c(-c2ccc(-c3cc(C(C)(C)C)cc4sc(-c5ccccc5N=Cc5cccc6ccccc56)nc34)cc2)c(C(C)C)c1. The molecule has 52 heavy (non-hydrogen) atoms. The number of thiazole rings is 1. The lowest BCUT2D eigenvalue weighted by Crippen LogP contribution is -2.11. The predicted octanol–water partition coefficient (Wildman–Crippen LogP) is 14.9. The number of para-hydroxylation sites is 1. The van der Waals surface area contributed by atoms with Crippen molar-refractivity contribution in [2.24, 2.45) is 4.99 Å². The molecular weight excluding hydrogens is 649 g/mol. The third kappa shape index (κ3) is 6.99. The second kappa shape index (κ2) is 14.3. The number of rotatable bonds is 8. The highest BCUT2D eigenvalue weighted by molar-refractivity contribution is 7.21. The van der Waals surface area contributed by atoms with Gasteiger partial charge in [0, 0.05) is 22.9 Å². The zero-order valence-corrected chi connectivity index (χ0v) is 32.9. The van der Waals surface area contributed by atoms with Gasteiger partial charge in [-0.25, -0.2) is 4.98 Å². The summed E-state index contributed by atoms with van der Waals surface area (Å²) in [5, 5.41) is 3.40. The lowest BCUT2D eigenvalue weighted by atomic mass is 9.81. The summed E-state index contributed by atoms with van der Waals surface area (Å²) >= 11 is 1.76. The van der Waals surface area contributed by atoms with E-state index >= 15 is 0 Å². The molecule has 0 fully saturated rings. The van der Waals surface area contributed by atoms with Crippen molar-refractivity contribution in [2.45, 2.75) is 85.5 Å². The maximum atomic E-state index is 5.37. The lowest BCUT2D eigenvalue weighted by molar-refractivity contribution is 0.591. The Kier molecular flexibility index (Phi) is 9.76. The van der Waals surface area contributed by atoms with Gasteiger partial charge in [-0.15, -0.1) is 11.3 Å². The van der Waals surface area contributed by atoms with E-state index < -0.39 is 0 Å². The second-order valence-electron chi connectivity index (χ2n) is 16.1. The summed E-state index contributed by atoms with van der Waals surface area (Å²) in [6, 6.07) is 42.1. The van der Waals surface area contributed by atoms with Crippen molar-refractivity contribution in [1.29, 1.82) is 0 Å². The zero-order chi connectivity index (χ0) is 36.7. The molecule has 0 bridgehead atoms. The highest BCUT2D eigenvalue weighted by Crippen LogP contribution is 2.43. The van der Waals surface area contributed by atoms with Crippen molar-refractivity contribution >= 4 is 44.2 Å². The smallest absolute Gasteiger partial charge is 0.126 e. The average Bonchev–Trinajstić information content (AvgIpc) is 3.57. The summed E-state index contributed by atoms with van der Waals surface area (Å²) in [6.07, 6.45) is 1.99. The van der Waals surface area contributed by atoms with E-state index in [2.05, 4.69) is 178 Å². The molecule has 0 aliphatic carbocycles. The van der Waals surface area contributed by atoms with Crippen LogP contribution >= 0.6 is 11.3 Å². The Hall–Kier alpha value is -4.86. The van der Waals surface area contributed by atoms with Crippen molar-refractivity contribution in [3.05, 3.63) is 143 Å². The van der Waals surface area contributed by atoms with Crippen LogP contribution < -0.4 is 0 Å². The van der Waals surface area contributed by atoms with Gasteiger partial charge in [-0.1, -0.05) is 153 Å². The van der Waals surface area contributed by atoms with Crippen LogP contribution in [0.4, 0.5) is 5.69 Å². The van der Waals surface area contributed by atoms with Gasteiger partial charge in [0.25, 0.3) is 0 Å². The largest absolute Gasteiger partial charge is 0.256 e. The Morgan fingerprint density at radius 3 is 1.94 bits per heavy atom. The first-order valence-electron chi connectivity index (χ1n) is 18.7. The highest BCUT2D eigenvalue weighted by Gasteiger charge is 2.22. The van der Waals surface area contributed by atoms with Crippen LogP contribution in [0.1, 0.15) is 108 Å². The lowest BCUT2D eigenvalue weighted by Gasteiger charge is -2.23. The minimum Gasteiger partial charge on any atom is -0.256 e. The fourth-order valence-corrected chi connectivity index (χ4v) is 8.24. The molecule has 1 heterocycles. The summed E-state index contributed by atoms with van der Waals surface area (Å²) in [4.78, 5) is 10.4. The normalized spacial score (nSPS) is 12.4. The topological polar surface area (TPSA) is 25.2 Å². The molecule has 262 valence electrons. The Balaban J connectivity index is 1.33. The third-order valence-corrected chi connectivity index (χ3v) is 11.3. The molecule has 7 rings (SSSR count). The molecule has 6 aromatic carbocycles. The van der Waals surface area contributed by atoms with Crippen molar-refractivity contribution < 1.29 is 0 Å². The average molecular weight is 699 g/mol. The van der Waals surface area contributed by atoms with Crippen LogP contribution in [-0.2, 0) is 5.41 Å². The van der Waals surface area contributed by atoms with Crippen molar-refractivity contribution in [3.63, 3.8) is 0 Å². The van der Waals surface area contributed by atoms with Crippen LogP contribution in [0.3, 0.4) is 0 Å². The summed E-state index contributed by atoms with van der Waals surface area (Å²) in [5.74, 6) is 1.36. The monoisotopic (exact) mass is 698 g/mol. The molecular formula is C49H50N2S. The van der Waals surface area contributed by atoms with E-state index in [-0.39, 0.29) is 5.41 Å². The number of hydrogen-bond donors (Lipinski definition) is 0. The molecule has 2 nitrogen and oxygen atoms in total. The highest BCUT2D eigenvalue weighted by atomic mass is 32.1. The number of nitrogens with zero attached hydrogens (tertiary/aromatic N) is 2. The minimum atomic E-state index is -0.00974. The Bertz CT molecular complexity index is 2380. The van der Waals surface area contributed by atoms with Crippen LogP contribution in [0.5, 0.6) is 0 Å². The van der Waals surface area contributed by atoms with Crippen LogP contribution in [0, 0.1) is 0 Å². The van der Waals surface area contributed by atoms with Crippen LogP contribution in [0.2, 0.25) is 0 Å². The predicted molar refractivity (Wildman–Crippen MR) is 228 cm³/mol. The minimum absolute atomic E-state index is 0.00974. The molecule has 0 aliphatic heterocycles. The summed E-state index contributed by atoms with van der Waals surface area (Å²) < 4.78 is 1.20. The Labute approximate surface area is 314 Å². The number of aliphatic imine (C=N–C) groups is 1.